The highest BCUT2D eigenvalue weighted by Crippen LogP contribution is 2.39. The molecular formula is C21H31NO3. The minimum absolute atomic E-state index is 0.234. The maximum absolute atomic E-state index is 11.9. The lowest BCUT2D eigenvalue weighted by Gasteiger charge is -2.38. The van der Waals surface area contributed by atoms with Crippen molar-refractivity contribution in [3.63, 3.8) is 0 Å². The Kier molecular flexibility index (Phi) is 4.95. The van der Waals surface area contributed by atoms with Gasteiger partial charge in [0, 0.05) is 6.42 Å². The summed E-state index contributed by atoms with van der Waals surface area (Å²) in [7, 11) is 0. The number of rotatable bonds is 5. The van der Waals surface area contributed by atoms with Crippen LogP contribution in [-0.4, -0.2) is 22.8 Å². The van der Waals surface area contributed by atoms with Gasteiger partial charge < -0.3 is 14.8 Å². The number of cyclic esters (lactones) is 1. The average molecular weight is 345 g/mol. The summed E-state index contributed by atoms with van der Waals surface area (Å²) < 4.78 is 11.6. The number of nitrogens with one attached hydrogen (secondary N) is 1. The molecule has 1 aromatic rings. The van der Waals surface area contributed by atoms with Gasteiger partial charge in [-0.05, 0) is 83.7 Å². The van der Waals surface area contributed by atoms with E-state index < -0.39 is 11.1 Å². The fourth-order valence-corrected chi connectivity index (χ4v) is 3.47. The maximum atomic E-state index is 11.9. The van der Waals surface area contributed by atoms with E-state index in [-0.39, 0.29) is 11.7 Å². The number of hydrogen-bond donors (Lipinski definition) is 1. The van der Waals surface area contributed by atoms with Crippen LogP contribution in [0.1, 0.15) is 57.7 Å². The summed E-state index contributed by atoms with van der Waals surface area (Å²) in [5.74, 6) is 0.872. The van der Waals surface area contributed by atoms with Gasteiger partial charge in [-0.1, -0.05) is 6.08 Å². The predicted molar refractivity (Wildman–Crippen MR) is 101 cm³/mol. The first-order valence-electron chi connectivity index (χ1n) is 8.80. The molecule has 0 bridgehead atoms. The van der Waals surface area contributed by atoms with Gasteiger partial charge in [0.1, 0.15) is 17.0 Å². The van der Waals surface area contributed by atoms with E-state index in [1.807, 2.05) is 34.6 Å². The van der Waals surface area contributed by atoms with Crippen LogP contribution in [0.3, 0.4) is 0 Å². The first-order chi connectivity index (χ1) is 11.4. The van der Waals surface area contributed by atoms with Gasteiger partial charge in [0.15, 0.2) is 0 Å². The highest BCUT2D eigenvalue weighted by Gasteiger charge is 2.53. The van der Waals surface area contributed by atoms with Gasteiger partial charge in [0.05, 0.1) is 5.54 Å². The zero-order valence-corrected chi connectivity index (χ0v) is 16.6. The van der Waals surface area contributed by atoms with Gasteiger partial charge in [0.25, 0.3) is 0 Å². The summed E-state index contributed by atoms with van der Waals surface area (Å²) in [6.45, 7) is 18.1. The van der Waals surface area contributed by atoms with Gasteiger partial charge in [-0.2, -0.15) is 0 Å². The Balaban J connectivity index is 2.36. The van der Waals surface area contributed by atoms with Gasteiger partial charge in [-0.3, -0.25) is 0 Å². The number of ether oxygens (including phenoxy) is 2. The molecule has 2 rings (SSSR count). The summed E-state index contributed by atoms with van der Waals surface area (Å²) in [6.07, 6.45) is 2.73. The molecule has 0 aromatic heterocycles. The van der Waals surface area contributed by atoms with E-state index in [9.17, 15) is 4.79 Å². The second-order valence-electron chi connectivity index (χ2n) is 8.50. The predicted octanol–water partition coefficient (Wildman–Crippen LogP) is 4.86. The highest BCUT2D eigenvalue weighted by atomic mass is 16.6. The third-order valence-corrected chi connectivity index (χ3v) is 5.02. The standard InChI is InChI=1S/C21H31NO3/c1-9-10-21(8)20(7,22-18(23)25-21)13-17-14(2)11-16(12-15(17)3)24-19(4,5)6/h9,11-12H,1,10,13H2,2-8H3,(H,22,23)/t20-,21-/m0/s1. The molecule has 1 heterocycles. The molecule has 1 aliphatic heterocycles. The Morgan fingerprint density at radius 3 is 2.28 bits per heavy atom. The number of alkyl carbamates (subject to hydrolysis) is 1. The number of benzene rings is 1. The van der Waals surface area contributed by atoms with E-state index in [4.69, 9.17) is 9.47 Å². The van der Waals surface area contributed by atoms with Crippen LogP contribution in [0.15, 0.2) is 24.8 Å². The topological polar surface area (TPSA) is 47.6 Å². The lowest BCUT2D eigenvalue weighted by atomic mass is 9.75. The molecule has 25 heavy (non-hydrogen) atoms. The molecule has 1 fully saturated rings. The van der Waals surface area contributed by atoms with E-state index in [0.29, 0.717) is 12.8 Å². The number of hydrogen-bond acceptors (Lipinski definition) is 3. The minimum atomic E-state index is -0.620. The summed E-state index contributed by atoms with van der Waals surface area (Å²) in [5, 5.41) is 3.02. The van der Waals surface area contributed by atoms with Gasteiger partial charge in [-0.15, -0.1) is 6.58 Å². The average Bonchev–Trinajstić information content (AvgIpc) is 2.62. The number of carbonyl (C=O) groups excluding carboxylic acids is 1. The SMILES string of the molecule is C=CC[C@]1(C)OC(=O)N[C@@]1(C)Cc1c(C)cc(OC(C)(C)C)cc1C. The third-order valence-electron chi connectivity index (χ3n) is 5.02. The van der Waals surface area contributed by atoms with Crippen molar-refractivity contribution in [2.45, 2.75) is 78.0 Å². The van der Waals surface area contributed by atoms with Crippen molar-refractivity contribution in [2.75, 3.05) is 0 Å². The molecule has 0 radical (unpaired) electrons. The molecule has 4 heteroatoms. The highest BCUT2D eigenvalue weighted by molar-refractivity contribution is 5.72. The second kappa shape index (κ2) is 6.40. The molecule has 1 amide bonds. The Morgan fingerprint density at radius 2 is 1.80 bits per heavy atom. The molecule has 1 N–H and O–H groups in total. The Hall–Kier alpha value is -1.97. The van der Waals surface area contributed by atoms with E-state index >= 15 is 0 Å². The van der Waals surface area contributed by atoms with E-state index in [1.54, 1.807) is 6.08 Å². The molecule has 0 saturated carbocycles. The normalized spacial score (nSPS) is 26.1. The minimum Gasteiger partial charge on any atom is -0.488 e. The number of amides is 1. The van der Waals surface area contributed by atoms with Crippen LogP contribution >= 0.6 is 0 Å². The number of carbonyl (C=O) groups is 1. The fourth-order valence-electron chi connectivity index (χ4n) is 3.47. The van der Waals surface area contributed by atoms with Gasteiger partial charge >= 0.3 is 6.09 Å². The van der Waals surface area contributed by atoms with Gasteiger partial charge in [0.2, 0.25) is 0 Å². The van der Waals surface area contributed by atoms with Crippen LogP contribution in [0.2, 0.25) is 0 Å². The molecule has 0 unspecified atom stereocenters. The lowest BCUT2D eigenvalue weighted by Crippen LogP contribution is -2.54. The van der Waals surface area contributed by atoms with Crippen LogP contribution in [-0.2, 0) is 11.2 Å². The summed E-state index contributed by atoms with van der Waals surface area (Å²) in [4.78, 5) is 11.9. The van der Waals surface area contributed by atoms with E-state index in [1.165, 1.54) is 5.56 Å². The molecule has 1 aliphatic rings. The zero-order chi connectivity index (χ0) is 19.0. The van der Waals surface area contributed by atoms with Crippen molar-refractivity contribution < 1.29 is 14.3 Å². The summed E-state index contributed by atoms with van der Waals surface area (Å²) in [5.41, 5.74) is 2.17. The lowest BCUT2D eigenvalue weighted by molar-refractivity contribution is 0.0240. The maximum Gasteiger partial charge on any atom is 0.408 e. The van der Waals surface area contributed by atoms with E-state index in [2.05, 4.69) is 37.9 Å². The molecule has 138 valence electrons. The van der Waals surface area contributed by atoms with Crippen LogP contribution in [0, 0.1) is 13.8 Å². The van der Waals surface area contributed by atoms with Gasteiger partial charge in [-0.25, -0.2) is 4.79 Å². The largest absolute Gasteiger partial charge is 0.488 e. The van der Waals surface area contributed by atoms with Crippen molar-refractivity contribution in [3.05, 3.63) is 41.5 Å². The molecule has 4 nitrogen and oxygen atoms in total. The molecule has 1 saturated heterocycles. The van der Waals surface area contributed by atoms with Crippen LogP contribution < -0.4 is 10.1 Å². The molecule has 0 spiro atoms. The van der Waals surface area contributed by atoms with Crippen molar-refractivity contribution >= 4 is 6.09 Å². The second-order valence-corrected chi connectivity index (χ2v) is 8.50. The number of aryl methyl sites for hydroxylation is 2. The van der Waals surface area contributed by atoms with Crippen LogP contribution in [0.25, 0.3) is 0 Å². The first kappa shape index (κ1) is 19.4. The van der Waals surface area contributed by atoms with Crippen molar-refractivity contribution in [3.8, 4) is 5.75 Å². The van der Waals surface area contributed by atoms with Crippen LogP contribution in [0.4, 0.5) is 4.79 Å². The zero-order valence-electron chi connectivity index (χ0n) is 16.6. The molecule has 2 atom stereocenters. The Labute approximate surface area is 151 Å². The van der Waals surface area contributed by atoms with Crippen molar-refractivity contribution in [2.24, 2.45) is 0 Å². The van der Waals surface area contributed by atoms with E-state index in [0.717, 1.165) is 16.9 Å². The third kappa shape index (κ3) is 4.00. The van der Waals surface area contributed by atoms with Crippen molar-refractivity contribution in [1.29, 1.82) is 0 Å². The quantitative estimate of drug-likeness (QED) is 0.776. The monoisotopic (exact) mass is 345 g/mol. The first-order valence-corrected chi connectivity index (χ1v) is 8.80. The summed E-state index contributed by atoms with van der Waals surface area (Å²) >= 11 is 0. The smallest absolute Gasteiger partial charge is 0.408 e. The fraction of sp³-hybridized carbons (Fsp3) is 0.571. The molecular weight excluding hydrogens is 314 g/mol. The molecule has 0 aliphatic carbocycles. The Bertz CT molecular complexity index is 666. The summed E-state index contributed by atoms with van der Waals surface area (Å²) in [6, 6.07) is 4.14. The van der Waals surface area contributed by atoms with Crippen molar-refractivity contribution in [1.82, 2.24) is 5.32 Å². The molecule has 1 aromatic carbocycles. The Morgan fingerprint density at radius 1 is 1.24 bits per heavy atom. The van der Waals surface area contributed by atoms with Crippen LogP contribution in [0.5, 0.6) is 5.75 Å².